The summed E-state index contributed by atoms with van der Waals surface area (Å²) in [5.41, 5.74) is 0. The van der Waals surface area contributed by atoms with E-state index in [0.29, 0.717) is 5.92 Å². The predicted molar refractivity (Wildman–Crippen MR) is 37.4 cm³/mol. The first-order valence-corrected chi connectivity index (χ1v) is 3.62. The van der Waals surface area contributed by atoms with E-state index >= 15 is 0 Å². The van der Waals surface area contributed by atoms with Crippen molar-refractivity contribution in [3.05, 3.63) is 0 Å². The Morgan fingerprint density at radius 2 is 2.30 bits per heavy atom. The van der Waals surface area contributed by atoms with Gasteiger partial charge in [-0.05, 0) is 5.92 Å². The van der Waals surface area contributed by atoms with Crippen LogP contribution in [-0.4, -0.2) is 35.6 Å². The molecule has 0 aromatic rings. The van der Waals surface area contributed by atoms with Gasteiger partial charge in [0.15, 0.2) is 0 Å². The molecular formula is C7H13NO2. The molecule has 1 aliphatic heterocycles. The molecule has 1 amide bonds. The minimum atomic E-state index is -0.0241. The average Bonchev–Trinajstić information content (AvgIpc) is 1.82. The van der Waals surface area contributed by atoms with Crippen molar-refractivity contribution in [3.63, 3.8) is 0 Å². The zero-order valence-electron chi connectivity index (χ0n) is 6.21. The van der Waals surface area contributed by atoms with Gasteiger partial charge in [0.25, 0.3) is 0 Å². The molecule has 0 aromatic heterocycles. The quantitative estimate of drug-likeness (QED) is 0.584. The normalized spacial score (nSPS) is 18.8. The van der Waals surface area contributed by atoms with Gasteiger partial charge in [0, 0.05) is 19.5 Å². The van der Waals surface area contributed by atoms with E-state index in [1.54, 1.807) is 4.90 Å². The Kier molecular flexibility index (Phi) is 2.27. The van der Waals surface area contributed by atoms with Gasteiger partial charge in [-0.3, -0.25) is 4.79 Å². The smallest absolute Gasteiger partial charge is 0.224 e. The molecule has 0 bridgehead atoms. The first kappa shape index (κ1) is 7.54. The van der Waals surface area contributed by atoms with Crippen LogP contribution in [0.2, 0.25) is 0 Å². The van der Waals surface area contributed by atoms with Crippen molar-refractivity contribution in [2.45, 2.75) is 13.3 Å². The zero-order chi connectivity index (χ0) is 7.56. The lowest BCUT2D eigenvalue weighted by Crippen LogP contribution is -2.48. The Morgan fingerprint density at radius 1 is 1.70 bits per heavy atom. The van der Waals surface area contributed by atoms with E-state index in [2.05, 4.69) is 6.92 Å². The number of amides is 1. The van der Waals surface area contributed by atoms with Crippen molar-refractivity contribution in [2.75, 3.05) is 19.7 Å². The number of carbonyl (C=O) groups excluding carboxylic acids is 1. The highest BCUT2D eigenvalue weighted by molar-refractivity contribution is 5.77. The molecule has 1 aliphatic rings. The third-order valence-corrected chi connectivity index (χ3v) is 1.74. The second-order valence-corrected chi connectivity index (χ2v) is 2.88. The minimum absolute atomic E-state index is 0.0241. The lowest BCUT2D eigenvalue weighted by Gasteiger charge is -2.37. The molecule has 0 unspecified atom stereocenters. The van der Waals surface area contributed by atoms with Crippen LogP contribution in [0.4, 0.5) is 0 Å². The number of carbonyl (C=O) groups is 1. The number of nitrogens with zero attached hydrogens (tertiary/aromatic N) is 1. The largest absolute Gasteiger partial charge is 0.396 e. The molecule has 0 spiro atoms. The summed E-state index contributed by atoms with van der Waals surface area (Å²) >= 11 is 0. The first-order chi connectivity index (χ1) is 4.74. The van der Waals surface area contributed by atoms with Gasteiger partial charge >= 0.3 is 0 Å². The van der Waals surface area contributed by atoms with Crippen LogP contribution in [-0.2, 0) is 4.79 Å². The molecule has 10 heavy (non-hydrogen) atoms. The maximum absolute atomic E-state index is 10.9. The molecule has 0 aliphatic carbocycles. The highest BCUT2D eigenvalue weighted by Crippen LogP contribution is 2.14. The van der Waals surface area contributed by atoms with Crippen molar-refractivity contribution < 1.29 is 9.90 Å². The zero-order valence-corrected chi connectivity index (χ0v) is 6.21. The van der Waals surface area contributed by atoms with E-state index in [4.69, 9.17) is 5.11 Å². The standard InChI is InChI=1S/C7H13NO2/c1-6-4-8(5-6)7(10)2-3-9/h6,9H,2-5H2,1H3. The fourth-order valence-electron chi connectivity index (χ4n) is 1.16. The van der Waals surface area contributed by atoms with Gasteiger partial charge in [-0.25, -0.2) is 0 Å². The van der Waals surface area contributed by atoms with Crippen molar-refractivity contribution in [2.24, 2.45) is 5.92 Å². The second-order valence-electron chi connectivity index (χ2n) is 2.88. The second kappa shape index (κ2) is 3.01. The Balaban J connectivity index is 2.18. The molecule has 3 nitrogen and oxygen atoms in total. The number of rotatable bonds is 2. The van der Waals surface area contributed by atoms with Crippen LogP contribution in [0.1, 0.15) is 13.3 Å². The van der Waals surface area contributed by atoms with E-state index in [0.717, 1.165) is 13.1 Å². The summed E-state index contributed by atoms with van der Waals surface area (Å²) in [6.07, 6.45) is 0.284. The van der Waals surface area contributed by atoms with Gasteiger partial charge in [-0.1, -0.05) is 6.92 Å². The van der Waals surface area contributed by atoms with Gasteiger partial charge in [-0.15, -0.1) is 0 Å². The molecule has 1 saturated heterocycles. The number of aliphatic hydroxyl groups excluding tert-OH is 1. The molecule has 0 aromatic carbocycles. The third-order valence-electron chi connectivity index (χ3n) is 1.74. The highest BCUT2D eigenvalue weighted by atomic mass is 16.3. The predicted octanol–water partition coefficient (Wildman–Crippen LogP) is -0.153. The molecule has 0 radical (unpaired) electrons. The molecule has 0 atom stereocenters. The van der Waals surface area contributed by atoms with Crippen molar-refractivity contribution >= 4 is 5.91 Å². The minimum Gasteiger partial charge on any atom is -0.396 e. The fourth-order valence-corrected chi connectivity index (χ4v) is 1.16. The summed E-state index contributed by atoms with van der Waals surface area (Å²) in [5.74, 6) is 0.739. The molecule has 0 saturated carbocycles. The molecule has 1 fully saturated rings. The number of hydrogen-bond acceptors (Lipinski definition) is 2. The first-order valence-electron chi connectivity index (χ1n) is 3.62. The van der Waals surface area contributed by atoms with Crippen molar-refractivity contribution in [3.8, 4) is 0 Å². The fraction of sp³-hybridized carbons (Fsp3) is 0.857. The van der Waals surface area contributed by atoms with E-state index < -0.39 is 0 Å². The van der Waals surface area contributed by atoms with Crippen LogP contribution >= 0.6 is 0 Å². The number of likely N-dealkylation sites (tertiary alicyclic amines) is 1. The summed E-state index contributed by atoms with van der Waals surface area (Å²) in [6, 6.07) is 0. The number of aliphatic hydroxyl groups is 1. The Morgan fingerprint density at radius 3 is 2.70 bits per heavy atom. The maximum atomic E-state index is 10.9. The Labute approximate surface area is 60.6 Å². The summed E-state index contributed by atoms with van der Waals surface area (Å²) in [4.78, 5) is 12.7. The SMILES string of the molecule is CC1CN(C(=O)CCO)C1. The highest BCUT2D eigenvalue weighted by Gasteiger charge is 2.25. The molecular weight excluding hydrogens is 130 g/mol. The van der Waals surface area contributed by atoms with Crippen LogP contribution in [0.5, 0.6) is 0 Å². The van der Waals surface area contributed by atoms with Gasteiger partial charge in [0.1, 0.15) is 0 Å². The lowest BCUT2D eigenvalue weighted by molar-refractivity contribution is -0.137. The molecule has 1 N–H and O–H groups in total. The molecule has 58 valence electrons. The van der Waals surface area contributed by atoms with Crippen LogP contribution in [0, 0.1) is 5.92 Å². The summed E-state index contributed by atoms with van der Waals surface area (Å²) in [7, 11) is 0. The lowest BCUT2D eigenvalue weighted by atomic mass is 10.0. The van der Waals surface area contributed by atoms with E-state index in [-0.39, 0.29) is 18.9 Å². The van der Waals surface area contributed by atoms with Crippen LogP contribution in [0.15, 0.2) is 0 Å². The number of hydrogen-bond donors (Lipinski definition) is 1. The third kappa shape index (κ3) is 1.48. The average molecular weight is 143 g/mol. The van der Waals surface area contributed by atoms with Gasteiger partial charge in [0.05, 0.1) is 6.61 Å². The van der Waals surface area contributed by atoms with Crippen molar-refractivity contribution in [1.82, 2.24) is 4.90 Å². The molecule has 1 heterocycles. The van der Waals surface area contributed by atoms with Gasteiger partial charge in [0.2, 0.25) is 5.91 Å². The van der Waals surface area contributed by atoms with Crippen LogP contribution < -0.4 is 0 Å². The van der Waals surface area contributed by atoms with E-state index in [9.17, 15) is 4.79 Å². The Bertz CT molecular complexity index is 130. The van der Waals surface area contributed by atoms with Gasteiger partial charge in [-0.2, -0.15) is 0 Å². The summed E-state index contributed by atoms with van der Waals surface area (Å²) < 4.78 is 0. The molecule has 3 heteroatoms. The maximum Gasteiger partial charge on any atom is 0.224 e. The monoisotopic (exact) mass is 143 g/mol. The summed E-state index contributed by atoms with van der Waals surface area (Å²) in [5, 5.41) is 8.42. The topological polar surface area (TPSA) is 40.5 Å². The van der Waals surface area contributed by atoms with Gasteiger partial charge < -0.3 is 10.0 Å². The summed E-state index contributed by atoms with van der Waals surface area (Å²) in [6.45, 7) is 3.84. The van der Waals surface area contributed by atoms with E-state index in [1.807, 2.05) is 0 Å². The van der Waals surface area contributed by atoms with E-state index in [1.165, 1.54) is 0 Å². The van der Waals surface area contributed by atoms with Crippen LogP contribution in [0.25, 0.3) is 0 Å². The molecule has 1 rings (SSSR count). The van der Waals surface area contributed by atoms with Crippen LogP contribution in [0.3, 0.4) is 0 Å². The van der Waals surface area contributed by atoms with Crippen molar-refractivity contribution in [1.29, 1.82) is 0 Å². The Hall–Kier alpha value is -0.570.